The molecular formula is C26H30N4O2. The predicted octanol–water partition coefficient (Wildman–Crippen LogP) is 4.18. The molecule has 1 aliphatic heterocycles. The summed E-state index contributed by atoms with van der Waals surface area (Å²) in [5.74, 6) is 0.393. The number of aromatic nitrogens is 1. The van der Waals surface area contributed by atoms with Crippen molar-refractivity contribution in [1.82, 2.24) is 4.98 Å². The van der Waals surface area contributed by atoms with Crippen molar-refractivity contribution in [3.8, 4) is 0 Å². The van der Waals surface area contributed by atoms with Gasteiger partial charge in [-0.05, 0) is 72.9 Å². The summed E-state index contributed by atoms with van der Waals surface area (Å²) in [5.41, 5.74) is 7.60. The smallest absolute Gasteiger partial charge is 0.180 e. The zero-order chi connectivity index (χ0) is 22.1. The van der Waals surface area contributed by atoms with Crippen LogP contribution in [0.5, 0.6) is 0 Å². The molecule has 1 fully saturated rings. The number of hydrogen-bond donors (Lipinski definition) is 3. The van der Waals surface area contributed by atoms with E-state index < -0.39 is 6.29 Å². The van der Waals surface area contributed by atoms with E-state index in [0.717, 1.165) is 19.4 Å². The van der Waals surface area contributed by atoms with Crippen molar-refractivity contribution in [1.29, 1.82) is 0 Å². The van der Waals surface area contributed by atoms with E-state index in [4.69, 9.17) is 0 Å². The summed E-state index contributed by atoms with van der Waals surface area (Å²) in [4.78, 5) is 8.76. The van der Waals surface area contributed by atoms with E-state index in [-0.39, 0.29) is 0 Å². The number of nitrogens with zero attached hydrogens (tertiary/aromatic N) is 3. The molecule has 0 unspecified atom stereocenters. The third kappa shape index (κ3) is 4.04. The van der Waals surface area contributed by atoms with Gasteiger partial charge in [-0.15, -0.1) is 0 Å². The van der Waals surface area contributed by atoms with E-state index in [1.807, 2.05) is 0 Å². The predicted molar refractivity (Wildman–Crippen MR) is 129 cm³/mol. The molecule has 3 N–H and O–H groups in total. The monoisotopic (exact) mass is 430 g/mol. The molecule has 2 heterocycles. The van der Waals surface area contributed by atoms with E-state index in [0.29, 0.717) is 17.2 Å². The average molecular weight is 431 g/mol. The largest absolute Gasteiger partial charge is 0.383 e. The van der Waals surface area contributed by atoms with Crippen LogP contribution in [-0.2, 0) is 6.42 Å². The zero-order valence-corrected chi connectivity index (χ0v) is 18.4. The van der Waals surface area contributed by atoms with Gasteiger partial charge >= 0.3 is 0 Å². The Morgan fingerprint density at radius 1 is 1.09 bits per heavy atom. The molecule has 3 aromatic rings. The summed E-state index contributed by atoms with van der Waals surface area (Å²) in [6.45, 7) is 3.07. The maximum Gasteiger partial charge on any atom is 0.180 e. The Morgan fingerprint density at radius 3 is 2.59 bits per heavy atom. The van der Waals surface area contributed by atoms with Crippen LogP contribution in [0, 0.1) is 0 Å². The highest BCUT2D eigenvalue weighted by molar-refractivity contribution is 5.67. The Labute approximate surface area is 189 Å². The lowest BCUT2D eigenvalue weighted by molar-refractivity contribution is -0.0419. The molecule has 0 radical (unpaired) electrons. The Bertz CT molecular complexity index is 1080. The topological polar surface area (TPSA) is 71.9 Å². The van der Waals surface area contributed by atoms with Crippen LogP contribution in [0.15, 0.2) is 60.9 Å². The fraction of sp³-hybridized carbons (Fsp3) is 0.346. The van der Waals surface area contributed by atoms with Gasteiger partial charge in [-0.1, -0.05) is 6.07 Å². The molecule has 32 heavy (non-hydrogen) atoms. The van der Waals surface area contributed by atoms with E-state index in [2.05, 4.69) is 69.6 Å². The Hall–Kier alpha value is -3.09. The lowest BCUT2D eigenvalue weighted by Crippen LogP contribution is -2.36. The highest BCUT2D eigenvalue weighted by atomic mass is 16.5. The summed E-state index contributed by atoms with van der Waals surface area (Å²) >= 11 is 0. The molecule has 1 atom stereocenters. The van der Waals surface area contributed by atoms with Crippen molar-refractivity contribution in [2.75, 3.05) is 41.8 Å². The number of aliphatic hydroxyl groups excluding tert-OH is 1. The first-order valence-electron chi connectivity index (χ1n) is 11.4. The van der Waals surface area contributed by atoms with E-state index >= 15 is 0 Å². The summed E-state index contributed by atoms with van der Waals surface area (Å²) in [6, 6.07) is 17.2. The van der Waals surface area contributed by atoms with E-state index in [9.17, 15) is 10.2 Å². The minimum atomic E-state index is -1.51. The van der Waals surface area contributed by atoms with Gasteiger partial charge in [0.15, 0.2) is 6.29 Å². The normalized spacial score (nSPS) is 17.2. The number of hydrogen-bond acceptors (Lipinski definition) is 6. The second-order valence-electron chi connectivity index (χ2n) is 8.75. The summed E-state index contributed by atoms with van der Waals surface area (Å²) < 4.78 is 0. The molecule has 0 amide bonds. The van der Waals surface area contributed by atoms with Crippen LogP contribution in [0.3, 0.4) is 0 Å². The van der Waals surface area contributed by atoms with Crippen molar-refractivity contribution < 1.29 is 10.2 Å². The number of anilines is 4. The molecule has 166 valence electrons. The Balaban J connectivity index is 1.27. The first-order valence-corrected chi connectivity index (χ1v) is 11.4. The standard InChI is InChI=1S/C26H30N4O2/c1-29(20-5-7-21(8-6-20)30-13-2-14-30)22-9-10-23-18(15-22)3-4-19(23)16-28-25-17-27-12-11-24(25)26(31)32/h5-12,15,17,19,26,28,31-32H,2-4,13-14,16H2,1H3/t19-/m0/s1. The molecule has 6 nitrogen and oxygen atoms in total. The molecule has 1 aromatic heterocycles. The second-order valence-corrected chi connectivity index (χ2v) is 8.75. The lowest BCUT2D eigenvalue weighted by atomic mass is 10.0. The molecule has 1 saturated heterocycles. The Morgan fingerprint density at radius 2 is 1.88 bits per heavy atom. The van der Waals surface area contributed by atoms with Crippen LogP contribution in [0.2, 0.25) is 0 Å². The molecule has 0 saturated carbocycles. The average Bonchev–Trinajstić information content (AvgIpc) is 3.19. The molecule has 0 spiro atoms. The molecule has 2 aromatic carbocycles. The highest BCUT2D eigenvalue weighted by Gasteiger charge is 2.24. The van der Waals surface area contributed by atoms with E-state index in [1.54, 1.807) is 18.5 Å². The number of nitrogens with one attached hydrogen (secondary N) is 1. The third-order valence-electron chi connectivity index (χ3n) is 6.85. The van der Waals surface area contributed by atoms with Gasteiger partial charge in [0, 0.05) is 61.4 Å². The van der Waals surface area contributed by atoms with Gasteiger partial charge in [-0.3, -0.25) is 4.98 Å². The molecule has 5 rings (SSSR count). The van der Waals surface area contributed by atoms with Crippen molar-refractivity contribution in [2.45, 2.75) is 31.5 Å². The van der Waals surface area contributed by atoms with Crippen LogP contribution >= 0.6 is 0 Å². The first kappa shape index (κ1) is 20.8. The number of pyridine rings is 1. The van der Waals surface area contributed by atoms with Crippen molar-refractivity contribution in [3.63, 3.8) is 0 Å². The Kier molecular flexibility index (Phi) is 5.72. The molecule has 2 aliphatic rings. The lowest BCUT2D eigenvalue weighted by Gasteiger charge is -2.33. The molecule has 0 bridgehead atoms. The fourth-order valence-electron chi connectivity index (χ4n) is 4.73. The van der Waals surface area contributed by atoms with Crippen LogP contribution in [0.25, 0.3) is 0 Å². The second kappa shape index (κ2) is 8.81. The number of benzene rings is 2. The number of aryl methyl sites for hydroxylation is 1. The van der Waals surface area contributed by atoms with Gasteiger partial charge < -0.3 is 25.3 Å². The number of fused-ring (bicyclic) bond motifs is 1. The van der Waals surface area contributed by atoms with Crippen molar-refractivity contribution >= 4 is 22.7 Å². The molecule has 6 heteroatoms. The van der Waals surface area contributed by atoms with Gasteiger partial charge in [0.05, 0.1) is 11.9 Å². The van der Waals surface area contributed by atoms with Crippen molar-refractivity contribution in [2.24, 2.45) is 0 Å². The van der Waals surface area contributed by atoms with Gasteiger partial charge in [0.1, 0.15) is 0 Å². The molecule has 1 aliphatic carbocycles. The van der Waals surface area contributed by atoms with Crippen LogP contribution in [0.1, 0.15) is 41.7 Å². The quantitative estimate of drug-likeness (QED) is 0.489. The number of aliphatic hydroxyl groups is 2. The van der Waals surface area contributed by atoms with Gasteiger partial charge in [-0.2, -0.15) is 0 Å². The molecular weight excluding hydrogens is 400 g/mol. The van der Waals surface area contributed by atoms with Gasteiger partial charge in [0.25, 0.3) is 0 Å². The van der Waals surface area contributed by atoms with Crippen molar-refractivity contribution in [3.05, 3.63) is 77.6 Å². The summed E-state index contributed by atoms with van der Waals surface area (Å²) in [7, 11) is 2.12. The third-order valence-corrected chi connectivity index (χ3v) is 6.85. The van der Waals surface area contributed by atoms with E-state index in [1.165, 1.54) is 47.7 Å². The summed E-state index contributed by atoms with van der Waals surface area (Å²) in [5, 5.41) is 22.5. The zero-order valence-electron chi connectivity index (χ0n) is 18.4. The maximum absolute atomic E-state index is 9.57. The number of rotatable bonds is 7. The van der Waals surface area contributed by atoms with Crippen LogP contribution in [-0.4, -0.2) is 41.9 Å². The van der Waals surface area contributed by atoms with Crippen LogP contribution < -0.4 is 15.1 Å². The first-order chi connectivity index (χ1) is 15.6. The SMILES string of the molecule is CN(c1ccc(N2CCC2)cc1)c1ccc2c(c1)CC[C@H]2CNc1cnccc1C(O)O. The van der Waals surface area contributed by atoms with Gasteiger partial charge in [-0.25, -0.2) is 0 Å². The maximum atomic E-state index is 9.57. The highest BCUT2D eigenvalue weighted by Crippen LogP contribution is 2.37. The summed E-state index contributed by atoms with van der Waals surface area (Å²) in [6.07, 6.45) is 5.14. The minimum Gasteiger partial charge on any atom is -0.383 e. The fourth-order valence-corrected chi connectivity index (χ4v) is 4.73. The van der Waals surface area contributed by atoms with Gasteiger partial charge in [0.2, 0.25) is 0 Å². The minimum absolute atomic E-state index is 0.393. The van der Waals surface area contributed by atoms with Crippen LogP contribution in [0.4, 0.5) is 22.7 Å².